The summed E-state index contributed by atoms with van der Waals surface area (Å²) in [5, 5.41) is 8.00. The number of aromatic nitrogens is 3. The molecular formula is C15H28N4O. The molecule has 20 heavy (non-hydrogen) atoms. The minimum absolute atomic E-state index is 0.167. The summed E-state index contributed by atoms with van der Waals surface area (Å²) in [4.78, 5) is 0. The fourth-order valence-electron chi connectivity index (χ4n) is 3.11. The summed E-state index contributed by atoms with van der Waals surface area (Å²) < 4.78 is 7.84. The highest BCUT2D eigenvalue weighted by atomic mass is 16.5. The van der Waals surface area contributed by atoms with Gasteiger partial charge in [0.2, 0.25) is 0 Å². The summed E-state index contributed by atoms with van der Waals surface area (Å²) in [5.74, 6) is 0.766. The first-order valence-electron chi connectivity index (χ1n) is 7.54. The lowest BCUT2D eigenvalue weighted by Crippen LogP contribution is -2.45. The maximum atomic E-state index is 6.14. The second-order valence-corrected chi connectivity index (χ2v) is 7.20. The van der Waals surface area contributed by atoms with E-state index in [0.717, 1.165) is 24.5 Å². The molecule has 1 aliphatic rings. The summed E-state index contributed by atoms with van der Waals surface area (Å²) in [6.45, 7) is 8.07. The zero-order valence-electron chi connectivity index (χ0n) is 13.2. The van der Waals surface area contributed by atoms with E-state index < -0.39 is 0 Å². The number of nitrogens with zero attached hydrogens (tertiary/aromatic N) is 3. The maximum Gasteiger partial charge on any atom is 0.108 e. The van der Waals surface area contributed by atoms with Gasteiger partial charge >= 0.3 is 0 Å². The molecule has 114 valence electrons. The van der Waals surface area contributed by atoms with E-state index in [1.807, 2.05) is 13.2 Å². The highest BCUT2D eigenvalue weighted by Gasteiger charge is 2.38. The van der Waals surface area contributed by atoms with Gasteiger partial charge in [-0.2, -0.15) is 0 Å². The molecule has 1 saturated carbocycles. The van der Waals surface area contributed by atoms with Crippen LogP contribution < -0.4 is 5.73 Å². The molecule has 0 spiro atoms. The number of rotatable bonds is 4. The standard InChI is InChI=1S/C15H28N4O/c1-14(2,3)12-5-7-15(11-16,8-6-12)20-10-13-9-19(4)18-17-13/h9,12H,5-8,10-11,16H2,1-4H3. The second-order valence-electron chi connectivity index (χ2n) is 7.20. The molecule has 0 aromatic carbocycles. The average molecular weight is 280 g/mol. The molecule has 1 aromatic heterocycles. The van der Waals surface area contributed by atoms with Crippen LogP contribution in [-0.4, -0.2) is 27.1 Å². The normalized spacial score (nSPS) is 27.8. The Bertz CT molecular complexity index is 427. The van der Waals surface area contributed by atoms with Crippen molar-refractivity contribution in [3.05, 3.63) is 11.9 Å². The SMILES string of the molecule is Cn1cc(COC2(CN)CCC(C(C)(C)C)CC2)nn1. The van der Waals surface area contributed by atoms with E-state index in [1.165, 1.54) is 12.8 Å². The van der Waals surface area contributed by atoms with Gasteiger partial charge in [0.25, 0.3) is 0 Å². The quantitative estimate of drug-likeness (QED) is 0.918. The monoisotopic (exact) mass is 280 g/mol. The van der Waals surface area contributed by atoms with Crippen LogP contribution in [0.4, 0.5) is 0 Å². The van der Waals surface area contributed by atoms with Crippen molar-refractivity contribution in [2.45, 2.75) is 58.7 Å². The van der Waals surface area contributed by atoms with Gasteiger partial charge < -0.3 is 10.5 Å². The Labute approximate surface area is 121 Å². The lowest BCUT2D eigenvalue weighted by molar-refractivity contribution is -0.0898. The molecule has 0 amide bonds. The summed E-state index contributed by atoms with van der Waals surface area (Å²) >= 11 is 0. The van der Waals surface area contributed by atoms with E-state index in [0.29, 0.717) is 18.6 Å². The molecule has 0 radical (unpaired) electrons. The van der Waals surface area contributed by atoms with Crippen LogP contribution >= 0.6 is 0 Å². The number of aryl methyl sites for hydroxylation is 1. The third-order valence-corrected chi connectivity index (χ3v) is 4.67. The van der Waals surface area contributed by atoms with Crippen molar-refractivity contribution in [1.29, 1.82) is 0 Å². The van der Waals surface area contributed by atoms with Crippen molar-refractivity contribution in [2.75, 3.05) is 6.54 Å². The van der Waals surface area contributed by atoms with Crippen LogP contribution in [-0.2, 0) is 18.4 Å². The van der Waals surface area contributed by atoms with Gasteiger partial charge in [0.1, 0.15) is 5.69 Å². The fourth-order valence-corrected chi connectivity index (χ4v) is 3.11. The van der Waals surface area contributed by atoms with Crippen molar-refractivity contribution in [3.63, 3.8) is 0 Å². The molecule has 5 nitrogen and oxygen atoms in total. The molecule has 0 saturated heterocycles. The van der Waals surface area contributed by atoms with Gasteiger partial charge in [0, 0.05) is 13.6 Å². The van der Waals surface area contributed by atoms with Gasteiger partial charge in [0.15, 0.2) is 0 Å². The molecule has 0 atom stereocenters. The lowest BCUT2D eigenvalue weighted by atomic mass is 9.68. The molecular weight excluding hydrogens is 252 g/mol. The zero-order chi connectivity index (χ0) is 14.8. The molecule has 0 aliphatic heterocycles. The van der Waals surface area contributed by atoms with Gasteiger partial charge in [-0.25, -0.2) is 0 Å². The van der Waals surface area contributed by atoms with E-state index in [1.54, 1.807) is 4.68 Å². The predicted molar refractivity (Wildman–Crippen MR) is 79.0 cm³/mol. The smallest absolute Gasteiger partial charge is 0.108 e. The van der Waals surface area contributed by atoms with Crippen LogP contribution in [0.3, 0.4) is 0 Å². The van der Waals surface area contributed by atoms with E-state index in [9.17, 15) is 0 Å². The summed E-state index contributed by atoms with van der Waals surface area (Å²) in [5.41, 5.74) is 7.08. The number of hydrogen-bond donors (Lipinski definition) is 1. The summed E-state index contributed by atoms with van der Waals surface area (Å²) in [6.07, 6.45) is 6.38. The van der Waals surface area contributed by atoms with Crippen molar-refractivity contribution in [3.8, 4) is 0 Å². The van der Waals surface area contributed by atoms with E-state index >= 15 is 0 Å². The first kappa shape index (κ1) is 15.4. The van der Waals surface area contributed by atoms with Gasteiger partial charge in [-0.1, -0.05) is 26.0 Å². The lowest BCUT2D eigenvalue weighted by Gasteiger charge is -2.43. The van der Waals surface area contributed by atoms with Crippen LogP contribution in [0.2, 0.25) is 0 Å². The van der Waals surface area contributed by atoms with Crippen LogP contribution in [0.15, 0.2) is 6.20 Å². The van der Waals surface area contributed by atoms with E-state index in [-0.39, 0.29) is 5.60 Å². The Morgan fingerprint density at radius 1 is 1.40 bits per heavy atom. The highest BCUT2D eigenvalue weighted by Crippen LogP contribution is 2.42. The van der Waals surface area contributed by atoms with Crippen LogP contribution in [0.5, 0.6) is 0 Å². The van der Waals surface area contributed by atoms with Crippen molar-refractivity contribution >= 4 is 0 Å². The Morgan fingerprint density at radius 2 is 2.05 bits per heavy atom. The summed E-state index contributed by atoms with van der Waals surface area (Å²) in [7, 11) is 1.86. The first-order chi connectivity index (χ1) is 9.35. The molecule has 5 heteroatoms. The van der Waals surface area contributed by atoms with Gasteiger partial charge in [-0.15, -0.1) is 5.10 Å². The second kappa shape index (κ2) is 5.82. The maximum absolute atomic E-state index is 6.14. The Hall–Kier alpha value is -0.940. The topological polar surface area (TPSA) is 66.0 Å². The minimum atomic E-state index is -0.167. The summed E-state index contributed by atoms with van der Waals surface area (Å²) in [6, 6.07) is 0. The average Bonchev–Trinajstić information content (AvgIpc) is 2.82. The van der Waals surface area contributed by atoms with Gasteiger partial charge in [-0.3, -0.25) is 4.68 Å². The van der Waals surface area contributed by atoms with Crippen molar-refractivity contribution in [1.82, 2.24) is 15.0 Å². The molecule has 2 rings (SSSR count). The van der Waals surface area contributed by atoms with Gasteiger partial charge in [-0.05, 0) is 37.0 Å². The van der Waals surface area contributed by atoms with Crippen molar-refractivity contribution in [2.24, 2.45) is 24.1 Å². The van der Waals surface area contributed by atoms with Gasteiger partial charge in [0.05, 0.1) is 18.4 Å². The Morgan fingerprint density at radius 3 is 2.50 bits per heavy atom. The molecule has 0 unspecified atom stereocenters. The zero-order valence-corrected chi connectivity index (χ0v) is 13.2. The van der Waals surface area contributed by atoms with Crippen LogP contribution in [0.25, 0.3) is 0 Å². The molecule has 1 aliphatic carbocycles. The minimum Gasteiger partial charge on any atom is -0.367 e. The third-order valence-electron chi connectivity index (χ3n) is 4.67. The number of hydrogen-bond acceptors (Lipinski definition) is 4. The van der Waals surface area contributed by atoms with Crippen LogP contribution in [0, 0.1) is 11.3 Å². The highest BCUT2D eigenvalue weighted by molar-refractivity contribution is 4.94. The third kappa shape index (κ3) is 3.58. The van der Waals surface area contributed by atoms with E-state index in [4.69, 9.17) is 10.5 Å². The Kier molecular flexibility index (Phi) is 4.49. The molecule has 2 N–H and O–H groups in total. The predicted octanol–water partition coefficient (Wildman–Crippen LogP) is 2.27. The number of ether oxygens (including phenoxy) is 1. The van der Waals surface area contributed by atoms with Crippen molar-refractivity contribution < 1.29 is 4.74 Å². The van der Waals surface area contributed by atoms with Crippen LogP contribution in [0.1, 0.15) is 52.1 Å². The van der Waals surface area contributed by atoms with E-state index in [2.05, 4.69) is 31.1 Å². The largest absolute Gasteiger partial charge is 0.367 e. The molecule has 0 bridgehead atoms. The first-order valence-corrected chi connectivity index (χ1v) is 7.54. The molecule has 1 aromatic rings. The molecule has 1 heterocycles. The fraction of sp³-hybridized carbons (Fsp3) is 0.867. The molecule has 1 fully saturated rings. The number of nitrogens with two attached hydrogens (primary N) is 1. The Balaban J connectivity index is 1.91.